The lowest BCUT2D eigenvalue weighted by molar-refractivity contribution is 0.837. The smallest absolute Gasteiger partial charge is 0.160 e. The van der Waals surface area contributed by atoms with E-state index in [1.165, 1.54) is 79.3 Å². The molecule has 0 bridgehead atoms. The first-order chi connectivity index (χ1) is 26.7. The SMILES string of the molecule is C1=CC(c2cc(-c3ccc4sc5ccccc5c4c3)cc(-c3nc(-c4ccccc4)c4c(n3)-c3cccc5cccc-4c35)c2)Cc2c1sc1ccccc21. The van der Waals surface area contributed by atoms with E-state index in [0.29, 0.717) is 0 Å². The number of allylic oxidation sites excluding steroid dienone is 1. The third-order valence-corrected chi connectivity index (χ3v) is 13.7. The van der Waals surface area contributed by atoms with Gasteiger partial charge < -0.3 is 0 Å². The van der Waals surface area contributed by atoms with Crippen LogP contribution in [0.3, 0.4) is 0 Å². The van der Waals surface area contributed by atoms with E-state index in [9.17, 15) is 0 Å². The first kappa shape index (κ1) is 30.3. The summed E-state index contributed by atoms with van der Waals surface area (Å²) in [5.41, 5.74) is 12.8. The molecule has 2 nitrogen and oxygen atoms in total. The maximum absolute atomic E-state index is 5.50. The Bertz CT molecular complexity index is 3200. The Morgan fingerprint density at radius 3 is 2.09 bits per heavy atom. The summed E-state index contributed by atoms with van der Waals surface area (Å²) >= 11 is 3.76. The zero-order valence-electron chi connectivity index (χ0n) is 29.1. The van der Waals surface area contributed by atoms with Crippen molar-refractivity contribution >= 4 is 69.8 Å². The van der Waals surface area contributed by atoms with Crippen LogP contribution in [0.2, 0.25) is 0 Å². The molecule has 2 aliphatic carbocycles. The molecule has 0 radical (unpaired) electrons. The van der Waals surface area contributed by atoms with Crippen molar-refractivity contribution in [2.75, 3.05) is 0 Å². The molecule has 0 spiro atoms. The van der Waals surface area contributed by atoms with Crippen LogP contribution in [0.5, 0.6) is 0 Å². The van der Waals surface area contributed by atoms with E-state index in [1.54, 1.807) is 0 Å². The minimum atomic E-state index is 0.223. The maximum Gasteiger partial charge on any atom is 0.160 e. The van der Waals surface area contributed by atoms with Crippen LogP contribution >= 0.6 is 22.7 Å². The fourth-order valence-corrected chi connectivity index (χ4v) is 11.1. The summed E-state index contributed by atoms with van der Waals surface area (Å²) < 4.78 is 3.99. The van der Waals surface area contributed by atoms with Gasteiger partial charge in [-0.2, -0.15) is 0 Å². The van der Waals surface area contributed by atoms with E-state index in [4.69, 9.17) is 9.97 Å². The fourth-order valence-electron chi connectivity index (χ4n) is 8.84. The lowest BCUT2D eigenvalue weighted by Gasteiger charge is -2.20. The van der Waals surface area contributed by atoms with Gasteiger partial charge in [-0.3, -0.25) is 0 Å². The lowest BCUT2D eigenvalue weighted by atomic mass is 9.84. The topological polar surface area (TPSA) is 25.8 Å². The molecule has 4 heteroatoms. The monoisotopic (exact) mass is 722 g/mol. The Morgan fingerprint density at radius 1 is 0.500 bits per heavy atom. The summed E-state index contributed by atoms with van der Waals surface area (Å²) in [7, 11) is 0. The van der Waals surface area contributed by atoms with Crippen molar-refractivity contribution in [1.82, 2.24) is 9.97 Å². The van der Waals surface area contributed by atoms with E-state index in [-0.39, 0.29) is 5.92 Å². The molecule has 0 aliphatic heterocycles. The van der Waals surface area contributed by atoms with Crippen LogP contribution < -0.4 is 0 Å². The summed E-state index contributed by atoms with van der Waals surface area (Å²) in [6, 6.07) is 55.4. The maximum atomic E-state index is 5.50. The van der Waals surface area contributed by atoms with Gasteiger partial charge in [-0.1, -0.05) is 121 Å². The molecular formula is C50H30N2S2. The van der Waals surface area contributed by atoms with Gasteiger partial charge in [-0.15, -0.1) is 22.7 Å². The third-order valence-electron chi connectivity index (χ3n) is 11.4. The van der Waals surface area contributed by atoms with Crippen molar-refractivity contribution in [3.05, 3.63) is 174 Å². The highest BCUT2D eigenvalue weighted by Gasteiger charge is 2.29. The first-order valence-corrected chi connectivity index (χ1v) is 20.1. The molecule has 0 fully saturated rings. The van der Waals surface area contributed by atoms with Gasteiger partial charge >= 0.3 is 0 Å². The first-order valence-electron chi connectivity index (χ1n) is 18.5. The molecule has 0 N–H and O–H groups in total. The molecule has 252 valence electrons. The van der Waals surface area contributed by atoms with E-state index in [0.717, 1.165) is 40.3 Å². The van der Waals surface area contributed by atoms with Crippen molar-refractivity contribution in [3.63, 3.8) is 0 Å². The normalized spacial score (nSPS) is 14.3. The predicted octanol–water partition coefficient (Wildman–Crippen LogP) is 14.2. The second-order valence-electron chi connectivity index (χ2n) is 14.5. The zero-order valence-corrected chi connectivity index (χ0v) is 30.7. The molecule has 12 rings (SSSR count). The number of benzene rings is 7. The number of fused-ring (bicyclic) bond motifs is 9. The van der Waals surface area contributed by atoms with Crippen LogP contribution in [-0.2, 0) is 6.42 Å². The molecule has 10 aromatic rings. The van der Waals surface area contributed by atoms with E-state index >= 15 is 0 Å². The molecule has 0 saturated heterocycles. The Labute approximate surface area is 320 Å². The van der Waals surface area contributed by atoms with Crippen LogP contribution in [0, 0.1) is 0 Å². The predicted molar refractivity (Wildman–Crippen MR) is 230 cm³/mol. The number of aromatic nitrogens is 2. The standard InChI is InChI=1S/C50H30N2S2/c1-2-10-30(11-3-1)48-47-38-16-8-12-29-13-9-17-39(46(29)38)49(47)52-50(51-48)35-25-33(31-20-22-44-40(27-31)36-14-4-6-18-42(36)53-44)24-34(26-35)32-21-23-45-41(28-32)37-15-5-7-19-43(37)54-45/h1-27,32H,28H2. The molecular weight excluding hydrogens is 693 g/mol. The largest absolute Gasteiger partial charge is 0.227 e. The van der Waals surface area contributed by atoms with Crippen LogP contribution in [0.4, 0.5) is 0 Å². The quantitative estimate of drug-likeness (QED) is 0.181. The van der Waals surface area contributed by atoms with Gasteiger partial charge in [-0.05, 0) is 92.9 Å². The van der Waals surface area contributed by atoms with E-state index in [1.807, 2.05) is 22.7 Å². The number of nitrogens with zero attached hydrogens (tertiary/aromatic N) is 2. The van der Waals surface area contributed by atoms with E-state index in [2.05, 4.69) is 164 Å². The van der Waals surface area contributed by atoms with Gasteiger partial charge in [0.05, 0.1) is 11.4 Å². The summed E-state index contributed by atoms with van der Waals surface area (Å²) in [5, 5.41) is 6.48. The second kappa shape index (κ2) is 11.6. The summed E-state index contributed by atoms with van der Waals surface area (Å²) in [5.74, 6) is 0.977. The number of rotatable bonds is 4. The summed E-state index contributed by atoms with van der Waals surface area (Å²) in [6.45, 7) is 0. The minimum Gasteiger partial charge on any atom is -0.227 e. The Hall–Kier alpha value is -6.20. The molecule has 0 saturated carbocycles. The van der Waals surface area contributed by atoms with Crippen molar-refractivity contribution in [3.8, 4) is 56.2 Å². The molecule has 3 heterocycles. The van der Waals surface area contributed by atoms with Gasteiger partial charge in [0.15, 0.2) is 5.82 Å². The molecule has 0 amide bonds. The van der Waals surface area contributed by atoms with Crippen LogP contribution in [0.25, 0.3) is 103 Å². The second-order valence-corrected chi connectivity index (χ2v) is 16.6. The van der Waals surface area contributed by atoms with Crippen LogP contribution in [-0.4, -0.2) is 9.97 Å². The van der Waals surface area contributed by atoms with Gasteiger partial charge in [0.25, 0.3) is 0 Å². The fraction of sp³-hybridized carbons (Fsp3) is 0.0400. The number of hydrogen-bond acceptors (Lipinski definition) is 4. The average molecular weight is 723 g/mol. The Kier molecular flexibility index (Phi) is 6.53. The van der Waals surface area contributed by atoms with Crippen molar-refractivity contribution in [1.29, 1.82) is 0 Å². The molecule has 54 heavy (non-hydrogen) atoms. The molecule has 1 atom stereocenters. The summed E-state index contributed by atoms with van der Waals surface area (Å²) in [6.07, 6.45) is 5.72. The van der Waals surface area contributed by atoms with E-state index < -0.39 is 0 Å². The number of hydrogen-bond donors (Lipinski definition) is 0. The van der Waals surface area contributed by atoms with Gasteiger partial charge in [0.1, 0.15) is 0 Å². The molecule has 2 aliphatic rings. The van der Waals surface area contributed by atoms with Crippen molar-refractivity contribution < 1.29 is 0 Å². The summed E-state index contributed by atoms with van der Waals surface area (Å²) in [4.78, 5) is 12.4. The molecule has 3 aromatic heterocycles. The molecule has 7 aromatic carbocycles. The third kappa shape index (κ3) is 4.57. The Morgan fingerprint density at radius 2 is 1.22 bits per heavy atom. The minimum absolute atomic E-state index is 0.223. The molecule has 1 unspecified atom stereocenters. The highest BCUT2D eigenvalue weighted by atomic mass is 32.1. The van der Waals surface area contributed by atoms with Gasteiger partial charge in [0, 0.05) is 57.9 Å². The van der Waals surface area contributed by atoms with Crippen LogP contribution in [0.15, 0.2) is 158 Å². The van der Waals surface area contributed by atoms with Crippen LogP contribution in [0.1, 0.15) is 21.9 Å². The number of thiophene rings is 2. The average Bonchev–Trinajstić information content (AvgIpc) is 3.91. The highest BCUT2D eigenvalue weighted by Crippen LogP contribution is 2.50. The van der Waals surface area contributed by atoms with Gasteiger partial charge in [-0.25, -0.2) is 9.97 Å². The van der Waals surface area contributed by atoms with Crippen molar-refractivity contribution in [2.45, 2.75) is 12.3 Å². The Balaban J connectivity index is 1.09. The highest BCUT2D eigenvalue weighted by molar-refractivity contribution is 7.25. The van der Waals surface area contributed by atoms with Gasteiger partial charge in [0.2, 0.25) is 0 Å². The lowest BCUT2D eigenvalue weighted by Crippen LogP contribution is -2.05. The zero-order chi connectivity index (χ0) is 35.3. The van der Waals surface area contributed by atoms with Crippen molar-refractivity contribution in [2.24, 2.45) is 0 Å².